The third-order valence-corrected chi connectivity index (χ3v) is 5.02. The fourth-order valence-electron chi connectivity index (χ4n) is 2.75. The van der Waals surface area contributed by atoms with Gasteiger partial charge in [-0.3, -0.25) is 4.79 Å². The smallest absolute Gasteiger partial charge is 0.251 e. The SMILES string of the molecule is CCN(CC)c1ccc(C(=O)NCc2ccc(CS(C)(=O)=O)cc2)cc1. The van der Waals surface area contributed by atoms with Gasteiger partial charge in [0.2, 0.25) is 0 Å². The highest BCUT2D eigenvalue weighted by molar-refractivity contribution is 7.89. The van der Waals surface area contributed by atoms with Gasteiger partial charge in [-0.2, -0.15) is 0 Å². The molecule has 2 aromatic rings. The first-order valence-corrected chi connectivity index (χ1v) is 10.8. The van der Waals surface area contributed by atoms with Crippen molar-refractivity contribution in [2.45, 2.75) is 26.1 Å². The molecule has 0 saturated heterocycles. The lowest BCUT2D eigenvalue weighted by atomic mass is 10.1. The van der Waals surface area contributed by atoms with Crippen molar-refractivity contribution in [3.05, 3.63) is 65.2 Å². The molecule has 0 heterocycles. The van der Waals surface area contributed by atoms with Crippen molar-refractivity contribution in [3.8, 4) is 0 Å². The maximum absolute atomic E-state index is 12.3. The van der Waals surface area contributed by atoms with Crippen molar-refractivity contribution < 1.29 is 13.2 Å². The van der Waals surface area contributed by atoms with E-state index in [0.29, 0.717) is 12.1 Å². The third-order valence-electron chi connectivity index (χ3n) is 4.16. The quantitative estimate of drug-likeness (QED) is 0.771. The average molecular weight is 375 g/mol. The van der Waals surface area contributed by atoms with Gasteiger partial charge in [0.1, 0.15) is 0 Å². The predicted octanol–water partition coefficient (Wildman–Crippen LogP) is 3.01. The number of anilines is 1. The van der Waals surface area contributed by atoms with Crippen molar-refractivity contribution >= 4 is 21.4 Å². The summed E-state index contributed by atoms with van der Waals surface area (Å²) in [5, 5.41) is 2.89. The molecule has 0 aliphatic carbocycles. The number of carbonyl (C=O) groups is 1. The van der Waals surface area contributed by atoms with Crippen LogP contribution in [0.25, 0.3) is 0 Å². The van der Waals surface area contributed by atoms with Crippen molar-refractivity contribution in [2.24, 2.45) is 0 Å². The van der Waals surface area contributed by atoms with E-state index >= 15 is 0 Å². The van der Waals surface area contributed by atoms with Crippen LogP contribution in [0, 0.1) is 0 Å². The van der Waals surface area contributed by atoms with E-state index in [2.05, 4.69) is 24.1 Å². The number of nitrogens with zero attached hydrogens (tertiary/aromatic N) is 1. The van der Waals surface area contributed by atoms with Crippen LogP contribution < -0.4 is 10.2 Å². The molecule has 0 fully saturated rings. The molecule has 26 heavy (non-hydrogen) atoms. The summed E-state index contributed by atoms with van der Waals surface area (Å²) in [5.41, 5.74) is 3.40. The Morgan fingerprint density at radius 3 is 1.96 bits per heavy atom. The van der Waals surface area contributed by atoms with Crippen LogP contribution in [-0.2, 0) is 22.1 Å². The number of hydrogen-bond acceptors (Lipinski definition) is 4. The maximum atomic E-state index is 12.3. The van der Waals surface area contributed by atoms with Gasteiger partial charge < -0.3 is 10.2 Å². The summed E-state index contributed by atoms with van der Waals surface area (Å²) in [6.07, 6.45) is 1.21. The summed E-state index contributed by atoms with van der Waals surface area (Å²) in [6, 6.07) is 14.8. The summed E-state index contributed by atoms with van der Waals surface area (Å²) in [6.45, 7) is 6.46. The summed E-state index contributed by atoms with van der Waals surface area (Å²) >= 11 is 0. The number of benzene rings is 2. The molecule has 140 valence electrons. The summed E-state index contributed by atoms with van der Waals surface area (Å²) in [4.78, 5) is 14.5. The molecule has 0 bridgehead atoms. The first-order valence-electron chi connectivity index (χ1n) is 8.71. The van der Waals surface area contributed by atoms with E-state index in [1.165, 1.54) is 6.26 Å². The number of hydrogen-bond donors (Lipinski definition) is 1. The van der Waals surface area contributed by atoms with Gasteiger partial charge in [-0.05, 0) is 49.2 Å². The molecule has 0 aromatic heterocycles. The van der Waals surface area contributed by atoms with Gasteiger partial charge in [-0.1, -0.05) is 24.3 Å². The lowest BCUT2D eigenvalue weighted by molar-refractivity contribution is 0.0951. The van der Waals surface area contributed by atoms with E-state index < -0.39 is 9.84 Å². The van der Waals surface area contributed by atoms with Crippen molar-refractivity contribution in [2.75, 3.05) is 24.2 Å². The Morgan fingerprint density at radius 1 is 0.923 bits per heavy atom. The Hall–Kier alpha value is -2.34. The Labute approximate surface area is 156 Å². The molecule has 0 atom stereocenters. The van der Waals surface area contributed by atoms with Crippen molar-refractivity contribution in [1.82, 2.24) is 5.32 Å². The highest BCUT2D eigenvalue weighted by Crippen LogP contribution is 2.15. The van der Waals surface area contributed by atoms with Crippen LogP contribution in [0.3, 0.4) is 0 Å². The molecule has 0 saturated carbocycles. The summed E-state index contributed by atoms with van der Waals surface area (Å²) in [5.74, 6) is -0.102. The van der Waals surface area contributed by atoms with E-state index in [-0.39, 0.29) is 11.7 Å². The monoisotopic (exact) mass is 374 g/mol. The Kier molecular flexibility index (Phi) is 6.80. The fraction of sp³-hybridized carbons (Fsp3) is 0.350. The van der Waals surface area contributed by atoms with Crippen LogP contribution in [-0.4, -0.2) is 33.7 Å². The molecule has 0 aliphatic heterocycles. The molecule has 0 unspecified atom stereocenters. The number of nitrogens with one attached hydrogen (secondary N) is 1. The van der Waals surface area contributed by atoms with Gasteiger partial charge in [0.05, 0.1) is 5.75 Å². The van der Waals surface area contributed by atoms with E-state index in [0.717, 1.165) is 29.9 Å². The van der Waals surface area contributed by atoms with Crippen LogP contribution in [0.15, 0.2) is 48.5 Å². The lowest BCUT2D eigenvalue weighted by Crippen LogP contribution is -2.24. The lowest BCUT2D eigenvalue weighted by Gasteiger charge is -2.21. The van der Waals surface area contributed by atoms with Crippen LogP contribution >= 0.6 is 0 Å². The number of rotatable bonds is 8. The molecule has 2 rings (SSSR count). The topological polar surface area (TPSA) is 66.5 Å². The molecule has 5 nitrogen and oxygen atoms in total. The molecule has 1 N–H and O–H groups in total. The minimum Gasteiger partial charge on any atom is -0.372 e. The van der Waals surface area contributed by atoms with Gasteiger partial charge in [0, 0.05) is 37.1 Å². The molecule has 0 spiro atoms. The molecule has 0 aliphatic rings. The van der Waals surface area contributed by atoms with Gasteiger partial charge in [0.25, 0.3) is 5.91 Å². The zero-order valence-electron chi connectivity index (χ0n) is 15.5. The summed E-state index contributed by atoms with van der Waals surface area (Å²) in [7, 11) is -3.04. The van der Waals surface area contributed by atoms with Crippen LogP contribution in [0.4, 0.5) is 5.69 Å². The second-order valence-electron chi connectivity index (χ2n) is 6.29. The van der Waals surface area contributed by atoms with Crippen LogP contribution in [0.2, 0.25) is 0 Å². The summed E-state index contributed by atoms with van der Waals surface area (Å²) < 4.78 is 22.6. The maximum Gasteiger partial charge on any atom is 0.251 e. The van der Waals surface area contributed by atoms with Gasteiger partial charge in [-0.15, -0.1) is 0 Å². The van der Waals surface area contributed by atoms with Crippen molar-refractivity contribution in [1.29, 1.82) is 0 Å². The minimum atomic E-state index is -3.04. The van der Waals surface area contributed by atoms with E-state index in [4.69, 9.17) is 0 Å². The molecular formula is C20H26N2O3S. The zero-order valence-corrected chi connectivity index (χ0v) is 16.3. The zero-order chi connectivity index (χ0) is 19.2. The van der Waals surface area contributed by atoms with Crippen molar-refractivity contribution in [3.63, 3.8) is 0 Å². The Balaban J connectivity index is 1.94. The van der Waals surface area contributed by atoms with Crippen LogP contribution in [0.1, 0.15) is 35.3 Å². The average Bonchev–Trinajstić information content (AvgIpc) is 2.61. The van der Waals surface area contributed by atoms with E-state index in [9.17, 15) is 13.2 Å². The van der Waals surface area contributed by atoms with Crippen LogP contribution in [0.5, 0.6) is 0 Å². The minimum absolute atomic E-state index is 0.0263. The molecule has 6 heteroatoms. The number of amides is 1. The number of sulfone groups is 1. The largest absolute Gasteiger partial charge is 0.372 e. The van der Waals surface area contributed by atoms with Gasteiger partial charge >= 0.3 is 0 Å². The Morgan fingerprint density at radius 2 is 1.46 bits per heavy atom. The standard InChI is InChI=1S/C20H26N2O3S/c1-4-22(5-2)19-12-10-18(11-13-19)20(23)21-14-16-6-8-17(9-7-16)15-26(3,24)25/h6-13H,4-5,14-15H2,1-3H3,(H,21,23). The molecular weight excluding hydrogens is 348 g/mol. The predicted molar refractivity (Wildman–Crippen MR) is 106 cm³/mol. The first-order chi connectivity index (χ1) is 12.3. The Bertz CT molecular complexity index is 824. The van der Waals surface area contributed by atoms with Gasteiger partial charge in [0.15, 0.2) is 9.84 Å². The van der Waals surface area contributed by atoms with Gasteiger partial charge in [-0.25, -0.2) is 8.42 Å². The van der Waals surface area contributed by atoms with E-state index in [1.807, 2.05) is 36.4 Å². The third kappa shape index (κ3) is 5.88. The molecule has 1 amide bonds. The van der Waals surface area contributed by atoms with E-state index in [1.54, 1.807) is 12.1 Å². The molecule has 0 radical (unpaired) electrons. The second-order valence-corrected chi connectivity index (χ2v) is 8.43. The second kappa shape index (κ2) is 8.85. The molecule has 2 aromatic carbocycles. The highest BCUT2D eigenvalue weighted by atomic mass is 32.2. The highest BCUT2D eigenvalue weighted by Gasteiger charge is 2.08. The fourth-order valence-corrected chi connectivity index (χ4v) is 3.55. The number of carbonyl (C=O) groups excluding carboxylic acids is 1. The first kappa shape index (κ1) is 20.0. The normalized spacial score (nSPS) is 11.2.